The minimum atomic E-state index is -0.454. The Morgan fingerprint density at radius 1 is 0.889 bits per heavy atom. The average molecular weight is 610 g/mol. The van der Waals surface area contributed by atoms with Gasteiger partial charge in [-0.1, -0.05) is 25.5 Å². The predicted molar refractivity (Wildman–Crippen MR) is 176 cm³/mol. The van der Waals surface area contributed by atoms with Crippen molar-refractivity contribution in [3.63, 3.8) is 0 Å². The summed E-state index contributed by atoms with van der Waals surface area (Å²) in [6.07, 6.45) is 13.2. The average Bonchev–Trinajstić information content (AvgIpc) is 3.63. The number of hydrogen-bond donors (Lipinski definition) is 0. The second kappa shape index (κ2) is 11.1. The van der Waals surface area contributed by atoms with Crippen LogP contribution in [0, 0.1) is 22.0 Å². The maximum absolute atomic E-state index is 17.0. The molecule has 1 saturated carbocycles. The molecule has 3 aliphatic heterocycles. The predicted octanol–water partition coefficient (Wildman–Crippen LogP) is 9.02. The zero-order valence-electron chi connectivity index (χ0n) is 26.2. The third-order valence-corrected chi connectivity index (χ3v) is 11.7. The number of anilines is 1. The summed E-state index contributed by atoms with van der Waals surface area (Å²) in [5.41, 5.74) is 2.34. The third kappa shape index (κ3) is 4.74. The molecule has 45 heavy (non-hydrogen) atoms. The van der Waals surface area contributed by atoms with E-state index in [1.54, 1.807) is 24.3 Å². The van der Waals surface area contributed by atoms with Gasteiger partial charge in [0.05, 0.1) is 0 Å². The lowest BCUT2D eigenvalue weighted by atomic mass is 9.64. The Bertz CT molecular complexity index is 1810. The van der Waals surface area contributed by atoms with Crippen LogP contribution in [0.5, 0.6) is 0 Å². The molecule has 0 radical (unpaired) electrons. The standard InChI is InChI=1S/C37H41F2N5O/c1-2-26-30(38)10-7-24-21-25(42-45)22-29(32(24)26)27-8-9-28-34(33(27)39)40-31(11-17-37-15-5-19-44(37)20-6-16-37)41-35(28)43-18-4-14-36(23-43)12-3-13-36/h7-10,21-22H,2-6,11-20,23H2,1H3. The van der Waals surface area contributed by atoms with Gasteiger partial charge in [-0.05, 0) is 134 Å². The van der Waals surface area contributed by atoms with E-state index in [0.29, 0.717) is 62.4 Å². The highest BCUT2D eigenvalue weighted by Crippen LogP contribution is 2.49. The summed E-state index contributed by atoms with van der Waals surface area (Å²) >= 11 is 0. The van der Waals surface area contributed by atoms with Gasteiger partial charge >= 0.3 is 0 Å². The van der Waals surface area contributed by atoms with Crippen molar-refractivity contribution in [2.45, 2.75) is 89.5 Å². The molecule has 1 aliphatic carbocycles. The van der Waals surface area contributed by atoms with Gasteiger partial charge in [-0.3, -0.25) is 4.90 Å². The summed E-state index contributed by atoms with van der Waals surface area (Å²) in [6.45, 7) is 6.09. The summed E-state index contributed by atoms with van der Waals surface area (Å²) in [4.78, 5) is 26.9. The molecular formula is C37H41F2N5O. The number of benzene rings is 3. The Kier molecular flexibility index (Phi) is 7.12. The highest BCUT2D eigenvalue weighted by molar-refractivity contribution is 6.03. The van der Waals surface area contributed by atoms with E-state index in [4.69, 9.17) is 9.97 Å². The van der Waals surface area contributed by atoms with Crippen LogP contribution >= 0.6 is 0 Å². The van der Waals surface area contributed by atoms with Gasteiger partial charge in [0.1, 0.15) is 28.7 Å². The van der Waals surface area contributed by atoms with E-state index in [2.05, 4.69) is 15.0 Å². The highest BCUT2D eigenvalue weighted by atomic mass is 19.1. The van der Waals surface area contributed by atoms with E-state index in [0.717, 1.165) is 31.7 Å². The second-order valence-corrected chi connectivity index (χ2v) is 14.1. The van der Waals surface area contributed by atoms with Gasteiger partial charge in [0, 0.05) is 36.0 Å². The van der Waals surface area contributed by atoms with Crippen LogP contribution in [-0.2, 0) is 12.8 Å². The van der Waals surface area contributed by atoms with Crippen LogP contribution in [0.15, 0.2) is 41.6 Å². The Labute approximate surface area is 263 Å². The van der Waals surface area contributed by atoms with Gasteiger partial charge in [0.25, 0.3) is 0 Å². The number of nitroso groups, excluding NO2 is 1. The van der Waals surface area contributed by atoms with Crippen molar-refractivity contribution in [1.82, 2.24) is 14.9 Å². The van der Waals surface area contributed by atoms with E-state index < -0.39 is 5.82 Å². The highest BCUT2D eigenvalue weighted by Gasteiger charge is 2.44. The van der Waals surface area contributed by atoms with E-state index >= 15 is 8.78 Å². The van der Waals surface area contributed by atoms with Crippen molar-refractivity contribution in [3.05, 3.63) is 64.3 Å². The number of halogens is 2. The molecule has 0 amide bonds. The van der Waals surface area contributed by atoms with Crippen LogP contribution in [0.4, 0.5) is 20.3 Å². The molecule has 4 heterocycles. The van der Waals surface area contributed by atoms with Crippen molar-refractivity contribution in [3.8, 4) is 11.1 Å². The summed E-state index contributed by atoms with van der Waals surface area (Å²) in [7, 11) is 0. The number of hydrogen-bond acceptors (Lipinski definition) is 6. The second-order valence-electron chi connectivity index (χ2n) is 14.1. The fourth-order valence-corrected chi connectivity index (χ4v) is 9.31. The Morgan fingerprint density at radius 2 is 1.67 bits per heavy atom. The van der Waals surface area contributed by atoms with Gasteiger partial charge < -0.3 is 4.90 Å². The molecule has 0 unspecified atom stereocenters. The molecule has 0 N–H and O–H groups in total. The maximum atomic E-state index is 17.0. The number of rotatable bonds is 7. The SMILES string of the molecule is CCc1c(F)ccc2cc(N=O)cc(-c3ccc4c(N5CCCC6(CCC6)C5)nc(CCC56CCCN5CCC6)nc4c3F)c12. The zero-order chi connectivity index (χ0) is 30.8. The molecule has 3 aromatic carbocycles. The lowest BCUT2D eigenvalue weighted by Gasteiger charge is -2.49. The summed E-state index contributed by atoms with van der Waals surface area (Å²) in [6, 6.07) is 9.96. The number of aromatic nitrogens is 2. The normalized spacial score (nSPS) is 20.6. The fraction of sp³-hybridized carbons (Fsp3) is 0.514. The molecule has 234 valence electrons. The summed E-state index contributed by atoms with van der Waals surface area (Å²) in [5.74, 6) is 0.744. The minimum Gasteiger partial charge on any atom is -0.355 e. The van der Waals surface area contributed by atoms with Gasteiger partial charge in [-0.2, -0.15) is 0 Å². The topological polar surface area (TPSA) is 61.7 Å². The van der Waals surface area contributed by atoms with Gasteiger partial charge in [0.15, 0.2) is 5.82 Å². The number of fused-ring (bicyclic) bond motifs is 3. The molecule has 0 atom stereocenters. The zero-order valence-corrected chi connectivity index (χ0v) is 26.2. The summed E-state index contributed by atoms with van der Waals surface area (Å²) < 4.78 is 32.1. The largest absolute Gasteiger partial charge is 0.355 e. The Balaban J connectivity index is 1.28. The maximum Gasteiger partial charge on any atom is 0.157 e. The minimum absolute atomic E-state index is 0.186. The molecule has 1 spiro atoms. The van der Waals surface area contributed by atoms with Crippen LogP contribution in [0.25, 0.3) is 32.8 Å². The van der Waals surface area contributed by atoms with Crippen LogP contribution in [0.3, 0.4) is 0 Å². The monoisotopic (exact) mass is 609 g/mol. The van der Waals surface area contributed by atoms with E-state index in [9.17, 15) is 4.91 Å². The van der Waals surface area contributed by atoms with Gasteiger partial charge in [-0.15, -0.1) is 4.91 Å². The first-order valence-corrected chi connectivity index (χ1v) is 17.0. The van der Waals surface area contributed by atoms with Crippen LogP contribution in [-0.4, -0.2) is 46.6 Å². The molecule has 3 saturated heterocycles. The number of piperidine rings is 1. The van der Waals surface area contributed by atoms with Gasteiger partial charge in [-0.25, -0.2) is 18.7 Å². The molecule has 8 heteroatoms. The first kappa shape index (κ1) is 28.9. The molecule has 4 aliphatic rings. The van der Waals surface area contributed by atoms with Gasteiger partial charge in [0.2, 0.25) is 0 Å². The molecular weight excluding hydrogens is 568 g/mol. The van der Waals surface area contributed by atoms with Crippen LogP contribution < -0.4 is 4.90 Å². The molecule has 6 nitrogen and oxygen atoms in total. The first-order valence-electron chi connectivity index (χ1n) is 17.0. The van der Waals surface area contributed by atoms with Crippen molar-refractivity contribution >= 4 is 33.2 Å². The molecule has 1 aromatic heterocycles. The smallest absolute Gasteiger partial charge is 0.157 e. The van der Waals surface area contributed by atoms with E-state index in [-0.39, 0.29) is 17.0 Å². The first-order chi connectivity index (χ1) is 21.9. The molecule has 0 bridgehead atoms. The Morgan fingerprint density at radius 3 is 2.40 bits per heavy atom. The Hall–Kier alpha value is -3.52. The fourth-order valence-electron chi connectivity index (χ4n) is 9.31. The van der Waals surface area contributed by atoms with Crippen LogP contribution in [0.1, 0.15) is 82.5 Å². The van der Waals surface area contributed by atoms with Crippen molar-refractivity contribution in [2.75, 3.05) is 31.1 Å². The van der Waals surface area contributed by atoms with Crippen molar-refractivity contribution < 1.29 is 8.78 Å². The number of nitrogens with zero attached hydrogens (tertiary/aromatic N) is 5. The molecule has 8 rings (SSSR count). The quantitative estimate of drug-likeness (QED) is 0.196. The lowest BCUT2D eigenvalue weighted by molar-refractivity contribution is 0.107. The number of aryl methyl sites for hydroxylation is 2. The van der Waals surface area contributed by atoms with Crippen molar-refractivity contribution in [2.24, 2.45) is 10.6 Å². The molecule has 4 fully saturated rings. The van der Waals surface area contributed by atoms with E-state index in [1.165, 1.54) is 70.5 Å². The molecule has 4 aromatic rings. The lowest BCUT2D eigenvalue weighted by Crippen LogP contribution is -2.47. The van der Waals surface area contributed by atoms with E-state index in [1.807, 2.05) is 13.0 Å². The van der Waals surface area contributed by atoms with Crippen molar-refractivity contribution in [1.29, 1.82) is 0 Å². The summed E-state index contributed by atoms with van der Waals surface area (Å²) in [5, 5.41) is 5.17. The third-order valence-electron chi connectivity index (χ3n) is 11.7. The van der Waals surface area contributed by atoms with Crippen LogP contribution in [0.2, 0.25) is 0 Å².